The van der Waals surface area contributed by atoms with Gasteiger partial charge in [-0.25, -0.2) is 4.39 Å². The predicted octanol–water partition coefficient (Wildman–Crippen LogP) is 3.32. The van der Waals surface area contributed by atoms with Crippen molar-refractivity contribution in [2.24, 2.45) is 0 Å². The number of ether oxygens (including phenoxy) is 1. The number of hydrogen-bond donors (Lipinski definition) is 1. The lowest BCUT2D eigenvalue weighted by Crippen LogP contribution is -2.30. The quantitative estimate of drug-likeness (QED) is 0.846. The summed E-state index contributed by atoms with van der Waals surface area (Å²) in [6, 6.07) is 8.95. The first-order chi connectivity index (χ1) is 11.6. The fraction of sp³-hybridized carbons (Fsp3) is 0.421. The first-order valence-electron chi connectivity index (χ1n) is 8.37. The third kappa shape index (κ3) is 3.78. The standard InChI is InChI=1S/C19H23FN2O2/c1-13-11-15(14(2)22(13)16-7-8-16)9-10-21-19(23)12-24-18-6-4-3-5-17(18)20/h3-6,11,16H,7-10,12H2,1-2H3,(H,21,23). The molecule has 0 saturated heterocycles. The minimum atomic E-state index is -0.460. The van der Waals surface area contributed by atoms with Crippen molar-refractivity contribution in [3.8, 4) is 5.75 Å². The molecule has 0 aliphatic heterocycles. The summed E-state index contributed by atoms with van der Waals surface area (Å²) in [7, 11) is 0. The number of nitrogens with one attached hydrogen (secondary N) is 1. The molecule has 1 aromatic heterocycles. The molecule has 1 aromatic carbocycles. The smallest absolute Gasteiger partial charge is 0.257 e. The Morgan fingerprint density at radius 3 is 2.79 bits per heavy atom. The summed E-state index contributed by atoms with van der Waals surface area (Å²) < 4.78 is 21.0. The van der Waals surface area contributed by atoms with Gasteiger partial charge in [-0.1, -0.05) is 12.1 Å². The number of carbonyl (C=O) groups is 1. The van der Waals surface area contributed by atoms with E-state index in [1.165, 1.54) is 41.9 Å². The molecule has 0 atom stereocenters. The molecule has 5 heteroatoms. The van der Waals surface area contributed by atoms with Gasteiger partial charge < -0.3 is 14.6 Å². The molecular weight excluding hydrogens is 307 g/mol. The van der Waals surface area contributed by atoms with Gasteiger partial charge in [-0.2, -0.15) is 0 Å². The summed E-state index contributed by atoms with van der Waals surface area (Å²) in [6.45, 7) is 4.65. The Kier molecular flexibility index (Phi) is 4.88. The van der Waals surface area contributed by atoms with E-state index in [-0.39, 0.29) is 18.3 Å². The fourth-order valence-electron chi connectivity index (χ4n) is 3.09. The van der Waals surface area contributed by atoms with E-state index in [4.69, 9.17) is 4.74 Å². The number of halogens is 1. The van der Waals surface area contributed by atoms with Gasteiger partial charge in [-0.15, -0.1) is 0 Å². The molecule has 3 rings (SSSR count). The summed E-state index contributed by atoms with van der Waals surface area (Å²) in [5.74, 6) is -0.604. The van der Waals surface area contributed by atoms with Gasteiger partial charge in [0.1, 0.15) is 0 Å². The number of carbonyl (C=O) groups excluding carboxylic acids is 1. The van der Waals surface area contributed by atoms with Crippen LogP contribution in [-0.4, -0.2) is 23.6 Å². The fourth-order valence-corrected chi connectivity index (χ4v) is 3.09. The van der Waals surface area contributed by atoms with Gasteiger partial charge in [0.25, 0.3) is 5.91 Å². The van der Waals surface area contributed by atoms with Crippen LogP contribution in [0.3, 0.4) is 0 Å². The highest BCUT2D eigenvalue weighted by molar-refractivity contribution is 5.77. The van der Waals surface area contributed by atoms with Gasteiger partial charge in [-0.05, 0) is 56.9 Å². The minimum Gasteiger partial charge on any atom is -0.481 e. The summed E-state index contributed by atoms with van der Waals surface area (Å²) in [5.41, 5.74) is 3.86. The van der Waals surface area contributed by atoms with E-state index in [0.29, 0.717) is 12.6 Å². The summed E-state index contributed by atoms with van der Waals surface area (Å²) in [4.78, 5) is 11.8. The van der Waals surface area contributed by atoms with Gasteiger partial charge in [0.15, 0.2) is 18.2 Å². The second kappa shape index (κ2) is 7.07. The summed E-state index contributed by atoms with van der Waals surface area (Å²) >= 11 is 0. The number of aromatic nitrogens is 1. The lowest BCUT2D eigenvalue weighted by Gasteiger charge is -2.09. The number of nitrogens with zero attached hydrogens (tertiary/aromatic N) is 1. The van der Waals surface area contributed by atoms with E-state index in [1.807, 2.05) is 0 Å². The molecule has 1 aliphatic carbocycles. The van der Waals surface area contributed by atoms with Crippen LogP contribution in [0.2, 0.25) is 0 Å². The monoisotopic (exact) mass is 330 g/mol. The average molecular weight is 330 g/mol. The molecule has 0 bridgehead atoms. The molecule has 128 valence electrons. The summed E-state index contributed by atoms with van der Waals surface area (Å²) in [6.07, 6.45) is 3.32. The molecule has 0 spiro atoms. The molecule has 1 heterocycles. The van der Waals surface area contributed by atoms with Crippen LogP contribution in [-0.2, 0) is 11.2 Å². The maximum absolute atomic E-state index is 13.4. The normalized spacial score (nSPS) is 13.8. The highest BCUT2D eigenvalue weighted by Crippen LogP contribution is 2.38. The number of para-hydroxylation sites is 1. The zero-order valence-corrected chi connectivity index (χ0v) is 14.1. The van der Waals surface area contributed by atoms with Gasteiger partial charge in [0, 0.05) is 24.0 Å². The van der Waals surface area contributed by atoms with Crippen LogP contribution in [0.5, 0.6) is 5.75 Å². The van der Waals surface area contributed by atoms with Crippen LogP contribution >= 0.6 is 0 Å². The Balaban J connectivity index is 1.45. The third-order valence-electron chi connectivity index (χ3n) is 4.41. The van der Waals surface area contributed by atoms with Crippen LogP contribution in [0.25, 0.3) is 0 Å². The number of aryl methyl sites for hydroxylation is 1. The van der Waals surface area contributed by atoms with E-state index >= 15 is 0 Å². The Labute approximate surface area is 141 Å². The molecule has 4 nitrogen and oxygen atoms in total. The van der Waals surface area contributed by atoms with Crippen molar-refractivity contribution in [2.75, 3.05) is 13.2 Å². The van der Waals surface area contributed by atoms with Crippen molar-refractivity contribution in [3.63, 3.8) is 0 Å². The minimum absolute atomic E-state index is 0.0978. The van der Waals surface area contributed by atoms with Crippen LogP contribution in [0.1, 0.15) is 35.8 Å². The average Bonchev–Trinajstić information content (AvgIpc) is 3.34. The second-order valence-electron chi connectivity index (χ2n) is 6.32. The lowest BCUT2D eigenvalue weighted by atomic mass is 10.2. The van der Waals surface area contributed by atoms with E-state index in [9.17, 15) is 9.18 Å². The van der Waals surface area contributed by atoms with Gasteiger partial charge in [0.05, 0.1) is 0 Å². The molecule has 1 amide bonds. The van der Waals surface area contributed by atoms with Crippen molar-refractivity contribution in [3.05, 3.63) is 53.1 Å². The van der Waals surface area contributed by atoms with Crippen molar-refractivity contribution < 1.29 is 13.9 Å². The third-order valence-corrected chi connectivity index (χ3v) is 4.41. The molecule has 1 N–H and O–H groups in total. The highest BCUT2D eigenvalue weighted by atomic mass is 19.1. The highest BCUT2D eigenvalue weighted by Gasteiger charge is 2.26. The van der Waals surface area contributed by atoms with Gasteiger partial charge >= 0.3 is 0 Å². The van der Waals surface area contributed by atoms with Crippen molar-refractivity contribution in [1.29, 1.82) is 0 Å². The predicted molar refractivity (Wildman–Crippen MR) is 90.8 cm³/mol. The summed E-state index contributed by atoms with van der Waals surface area (Å²) in [5, 5.41) is 2.83. The van der Waals surface area contributed by atoms with Crippen LogP contribution < -0.4 is 10.1 Å². The second-order valence-corrected chi connectivity index (χ2v) is 6.32. The number of hydrogen-bond acceptors (Lipinski definition) is 2. The molecular formula is C19H23FN2O2. The van der Waals surface area contributed by atoms with Crippen LogP contribution in [0, 0.1) is 19.7 Å². The van der Waals surface area contributed by atoms with Crippen molar-refractivity contribution in [2.45, 2.75) is 39.2 Å². The topological polar surface area (TPSA) is 43.3 Å². The molecule has 1 aliphatic rings. The molecule has 1 fully saturated rings. The Morgan fingerprint density at radius 2 is 2.08 bits per heavy atom. The number of rotatable bonds is 7. The van der Waals surface area contributed by atoms with Crippen LogP contribution in [0.4, 0.5) is 4.39 Å². The SMILES string of the molecule is Cc1cc(CCNC(=O)COc2ccccc2F)c(C)n1C1CC1. The van der Waals surface area contributed by atoms with Crippen molar-refractivity contribution in [1.82, 2.24) is 9.88 Å². The number of amides is 1. The van der Waals surface area contributed by atoms with E-state index in [2.05, 4.69) is 29.8 Å². The first kappa shape index (κ1) is 16.6. The molecule has 0 radical (unpaired) electrons. The van der Waals surface area contributed by atoms with E-state index in [0.717, 1.165) is 6.42 Å². The molecule has 0 unspecified atom stereocenters. The largest absolute Gasteiger partial charge is 0.481 e. The first-order valence-corrected chi connectivity index (χ1v) is 8.37. The Morgan fingerprint density at radius 1 is 1.33 bits per heavy atom. The zero-order valence-electron chi connectivity index (χ0n) is 14.1. The number of benzene rings is 1. The van der Waals surface area contributed by atoms with Gasteiger partial charge in [-0.3, -0.25) is 4.79 Å². The Hall–Kier alpha value is -2.30. The molecule has 2 aromatic rings. The van der Waals surface area contributed by atoms with E-state index < -0.39 is 5.82 Å². The van der Waals surface area contributed by atoms with Crippen molar-refractivity contribution >= 4 is 5.91 Å². The Bertz CT molecular complexity index is 735. The molecule has 1 saturated carbocycles. The lowest BCUT2D eigenvalue weighted by molar-refractivity contribution is -0.123. The van der Waals surface area contributed by atoms with Gasteiger partial charge in [0.2, 0.25) is 0 Å². The zero-order chi connectivity index (χ0) is 17.1. The molecule has 24 heavy (non-hydrogen) atoms. The van der Waals surface area contributed by atoms with Crippen LogP contribution in [0.15, 0.2) is 30.3 Å². The maximum atomic E-state index is 13.4. The van der Waals surface area contributed by atoms with E-state index in [1.54, 1.807) is 12.1 Å². The maximum Gasteiger partial charge on any atom is 0.257 e.